The molecule has 0 saturated heterocycles. The summed E-state index contributed by atoms with van der Waals surface area (Å²) < 4.78 is 14.6. The highest BCUT2D eigenvalue weighted by molar-refractivity contribution is 5.85. The zero-order valence-corrected chi connectivity index (χ0v) is 9.62. The Morgan fingerprint density at radius 3 is 2.69 bits per heavy atom. The molecular formula is C11H13ClFN3. The van der Waals surface area contributed by atoms with Crippen molar-refractivity contribution in [3.63, 3.8) is 0 Å². The molecule has 0 bridgehead atoms. The van der Waals surface area contributed by atoms with Crippen molar-refractivity contribution in [2.45, 2.75) is 6.04 Å². The quantitative estimate of drug-likeness (QED) is 0.874. The minimum Gasteiger partial charge on any atom is -0.320 e. The Hall–Kier alpha value is -1.39. The molecule has 86 valence electrons. The van der Waals surface area contributed by atoms with Gasteiger partial charge in [-0.25, -0.2) is 4.39 Å². The molecule has 1 atom stereocenters. The molecule has 2 rings (SSSR count). The second-order valence-corrected chi connectivity index (χ2v) is 3.48. The molecular weight excluding hydrogens is 229 g/mol. The first-order chi connectivity index (χ1) is 7.16. The largest absolute Gasteiger partial charge is 0.320 e. The van der Waals surface area contributed by atoms with Crippen LogP contribution in [0.25, 0.3) is 0 Å². The summed E-state index contributed by atoms with van der Waals surface area (Å²) in [6.07, 6.45) is 3.52. The maximum absolute atomic E-state index is 13.0. The van der Waals surface area contributed by atoms with Crippen LogP contribution in [0.2, 0.25) is 0 Å². The lowest BCUT2D eigenvalue weighted by atomic mass is 10.0. The van der Waals surface area contributed by atoms with Crippen molar-refractivity contribution in [1.82, 2.24) is 9.78 Å². The molecule has 2 aromatic rings. The smallest absolute Gasteiger partial charge is 0.123 e. The number of hydrogen-bond donors (Lipinski definition) is 1. The number of nitrogens with two attached hydrogens (primary N) is 1. The van der Waals surface area contributed by atoms with E-state index in [0.717, 1.165) is 11.1 Å². The van der Waals surface area contributed by atoms with Crippen LogP contribution < -0.4 is 5.73 Å². The maximum atomic E-state index is 13.0. The van der Waals surface area contributed by atoms with E-state index in [4.69, 9.17) is 5.73 Å². The van der Waals surface area contributed by atoms with E-state index >= 15 is 0 Å². The van der Waals surface area contributed by atoms with E-state index < -0.39 is 0 Å². The Balaban J connectivity index is 0.00000128. The fraction of sp³-hybridized carbons (Fsp3) is 0.182. The van der Waals surface area contributed by atoms with Gasteiger partial charge in [-0.15, -0.1) is 12.4 Å². The monoisotopic (exact) mass is 241 g/mol. The molecule has 0 aliphatic heterocycles. The van der Waals surface area contributed by atoms with Crippen molar-refractivity contribution in [3.8, 4) is 0 Å². The van der Waals surface area contributed by atoms with Gasteiger partial charge in [-0.05, 0) is 17.7 Å². The van der Waals surface area contributed by atoms with Crippen LogP contribution in [0.15, 0.2) is 36.7 Å². The molecule has 0 fully saturated rings. The zero-order valence-electron chi connectivity index (χ0n) is 8.80. The summed E-state index contributed by atoms with van der Waals surface area (Å²) in [4.78, 5) is 0. The average Bonchev–Trinajstić information content (AvgIpc) is 2.64. The van der Waals surface area contributed by atoms with E-state index in [1.165, 1.54) is 12.1 Å². The normalized spacial score (nSPS) is 11.9. The second-order valence-electron chi connectivity index (χ2n) is 3.48. The summed E-state index contributed by atoms with van der Waals surface area (Å²) in [5.74, 6) is -0.271. The molecule has 2 N–H and O–H groups in total. The molecule has 16 heavy (non-hydrogen) atoms. The molecule has 0 radical (unpaired) electrons. The third-order valence-electron chi connectivity index (χ3n) is 2.29. The van der Waals surface area contributed by atoms with Gasteiger partial charge in [0.2, 0.25) is 0 Å². The first kappa shape index (κ1) is 12.7. The Labute approximate surface area is 99.5 Å². The van der Waals surface area contributed by atoms with Crippen LogP contribution in [0.4, 0.5) is 4.39 Å². The lowest BCUT2D eigenvalue weighted by molar-refractivity contribution is 0.623. The van der Waals surface area contributed by atoms with Crippen molar-refractivity contribution in [3.05, 3.63) is 53.6 Å². The maximum Gasteiger partial charge on any atom is 0.123 e. The fourth-order valence-electron chi connectivity index (χ4n) is 1.49. The third-order valence-corrected chi connectivity index (χ3v) is 2.29. The number of hydrogen-bond acceptors (Lipinski definition) is 2. The van der Waals surface area contributed by atoms with Gasteiger partial charge in [-0.3, -0.25) is 4.68 Å². The Morgan fingerprint density at radius 2 is 2.12 bits per heavy atom. The van der Waals surface area contributed by atoms with Crippen molar-refractivity contribution in [2.75, 3.05) is 0 Å². The first-order valence-corrected chi connectivity index (χ1v) is 4.66. The van der Waals surface area contributed by atoms with E-state index in [-0.39, 0.29) is 24.3 Å². The molecule has 1 aromatic heterocycles. The predicted molar refractivity (Wildman–Crippen MR) is 62.9 cm³/mol. The lowest BCUT2D eigenvalue weighted by Gasteiger charge is -2.09. The van der Waals surface area contributed by atoms with Gasteiger partial charge in [0.1, 0.15) is 5.82 Å². The van der Waals surface area contributed by atoms with Crippen LogP contribution in [0.1, 0.15) is 17.2 Å². The first-order valence-electron chi connectivity index (χ1n) is 4.66. The highest BCUT2D eigenvalue weighted by atomic mass is 35.5. The fourth-order valence-corrected chi connectivity index (χ4v) is 1.49. The van der Waals surface area contributed by atoms with Gasteiger partial charge in [0, 0.05) is 18.8 Å². The Morgan fingerprint density at radius 1 is 1.38 bits per heavy atom. The number of halogens is 2. The van der Waals surface area contributed by atoms with Crippen LogP contribution in [0.5, 0.6) is 0 Å². The molecule has 0 amide bonds. The van der Waals surface area contributed by atoms with E-state index in [2.05, 4.69) is 5.10 Å². The van der Waals surface area contributed by atoms with Crippen LogP contribution >= 0.6 is 12.4 Å². The van der Waals surface area contributed by atoms with Gasteiger partial charge in [0.25, 0.3) is 0 Å². The molecule has 0 saturated carbocycles. The van der Waals surface area contributed by atoms with Gasteiger partial charge in [-0.2, -0.15) is 5.10 Å². The molecule has 0 aliphatic carbocycles. The van der Waals surface area contributed by atoms with E-state index in [0.29, 0.717) is 0 Å². The molecule has 0 aliphatic rings. The Bertz CT molecular complexity index is 470. The summed E-state index contributed by atoms with van der Waals surface area (Å²) in [6, 6.07) is 5.98. The molecule has 1 aromatic carbocycles. The van der Waals surface area contributed by atoms with Crippen molar-refractivity contribution in [2.24, 2.45) is 12.8 Å². The summed E-state index contributed by atoms with van der Waals surface area (Å²) in [5.41, 5.74) is 7.61. The van der Waals surface area contributed by atoms with E-state index in [1.807, 2.05) is 13.2 Å². The average molecular weight is 242 g/mol. The van der Waals surface area contributed by atoms with Crippen molar-refractivity contribution >= 4 is 12.4 Å². The highest BCUT2D eigenvalue weighted by Gasteiger charge is 2.10. The summed E-state index contributed by atoms with van der Waals surface area (Å²) in [7, 11) is 1.82. The minimum atomic E-state index is -0.325. The van der Waals surface area contributed by atoms with Crippen LogP contribution in [0.3, 0.4) is 0 Å². The number of aryl methyl sites for hydroxylation is 1. The van der Waals surface area contributed by atoms with Gasteiger partial charge in [-0.1, -0.05) is 12.1 Å². The Kier molecular flexibility index (Phi) is 4.04. The SMILES string of the molecule is Cl.Cn1cc(C(N)c2cccc(F)c2)cn1. The minimum absolute atomic E-state index is 0. The summed E-state index contributed by atoms with van der Waals surface area (Å²) >= 11 is 0. The number of rotatable bonds is 2. The second kappa shape index (κ2) is 5.09. The van der Waals surface area contributed by atoms with E-state index in [9.17, 15) is 4.39 Å². The van der Waals surface area contributed by atoms with Crippen LogP contribution in [0, 0.1) is 5.82 Å². The van der Waals surface area contributed by atoms with Gasteiger partial charge >= 0.3 is 0 Å². The summed E-state index contributed by atoms with van der Waals surface area (Å²) in [5, 5.41) is 4.03. The molecule has 0 spiro atoms. The number of aromatic nitrogens is 2. The van der Waals surface area contributed by atoms with Crippen molar-refractivity contribution in [1.29, 1.82) is 0 Å². The molecule has 5 heteroatoms. The zero-order chi connectivity index (χ0) is 10.8. The van der Waals surface area contributed by atoms with Crippen LogP contribution in [-0.2, 0) is 7.05 Å². The van der Waals surface area contributed by atoms with E-state index in [1.54, 1.807) is 23.0 Å². The predicted octanol–water partition coefficient (Wildman–Crippen LogP) is 2.03. The highest BCUT2D eigenvalue weighted by Crippen LogP contribution is 2.19. The van der Waals surface area contributed by atoms with Gasteiger partial charge in [0.05, 0.1) is 12.2 Å². The van der Waals surface area contributed by atoms with Gasteiger partial charge < -0.3 is 5.73 Å². The van der Waals surface area contributed by atoms with Gasteiger partial charge in [0.15, 0.2) is 0 Å². The topological polar surface area (TPSA) is 43.8 Å². The van der Waals surface area contributed by atoms with Crippen LogP contribution in [-0.4, -0.2) is 9.78 Å². The third kappa shape index (κ3) is 2.59. The van der Waals surface area contributed by atoms with Crippen molar-refractivity contribution < 1.29 is 4.39 Å². The lowest BCUT2D eigenvalue weighted by Crippen LogP contribution is -2.11. The number of benzene rings is 1. The molecule has 1 unspecified atom stereocenters. The standard InChI is InChI=1S/C11H12FN3.ClH/c1-15-7-9(6-14-15)11(13)8-3-2-4-10(12)5-8;/h2-7,11H,13H2,1H3;1H. The molecule has 1 heterocycles. The molecule has 3 nitrogen and oxygen atoms in total. The summed E-state index contributed by atoms with van der Waals surface area (Å²) in [6.45, 7) is 0. The number of nitrogens with zero attached hydrogens (tertiary/aromatic N) is 2.